The van der Waals surface area contributed by atoms with Gasteiger partial charge in [-0.1, -0.05) is 23.7 Å². The fourth-order valence-electron chi connectivity index (χ4n) is 3.78. The van der Waals surface area contributed by atoms with Crippen LogP contribution in [0.5, 0.6) is 0 Å². The zero-order valence-corrected chi connectivity index (χ0v) is 15.6. The molecule has 1 aliphatic heterocycles. The van der Waals surface area contributed by atoms with Gasteiger partial charge in [0, 0.05) is 30.2 Å². The van der Waals surface area contributed by atoms with Gasteiger partial charge in [-0.05, 0) is 62.1 Å². The maximum Gasteiger partial charge on any atom is 0.253 e. The minimum Gasteiger partial charge on any atom is -0.339 e. The fourth-order valence-corrected chi connectivity index (χ4v) is 3.90. The minimum atomic E-state index is 0.101. The summed E-state index contributed by atoms with van der Waals surface area (Å²) in [5.74, 6) is 1.73. The van der Waals surface area contributed by atoms with Gasteiger partial charge in [-0.3, -0.25) is 4.79 Å². The van der Waals surface area contributed by atoms with Crippen molar-refractivity contribution < 1.29 is 4.79 Å². The van der Waals surface area contributed by atoms with Crippen LogP contribution in [0.3, 0.4) is 0 Å². The molecule has 0 N–H and O–H groups in total. The second kappa shape index (κ2) is 7.12. The van der Waals surface area contributed by atoms with E-state index in [0.717, 1.165) is 43.8 Å². The summed E-state index contributed by atoms with van der Waals surface area (Å²) >= 11 is 5.91. The number of aryl methyl sites for hydroxylation is 1. The first kappa shape index (κ1) is 17.1. The summed E-state index contributed by atoms with van der Waals surface area (Å²) in [5, 5.41) is 0.656. The summed E-state index contributed by atoms with van der Waals surface area (Å²) < 4.78 is 2.32. The van der Waals surface area contributed by atoms with Gasteiger partial charge < -0.3 is 9.47 Å². The molecule has 1 fully saturated rings. The molecular formula is C21H22ClN3O. The first-order chi connectivity index (χ1) is 12.6. The van der Waals surface area contributed by atoms with E-state index in [4.69, 9.17) is 11.6 Å². The number of imidazole rings is 1. The fraction of sp³-hybridized carbons (Fsp3) is 0.333. The van der Waals surface area contributed by atoms with Crippen molar-refractivity contribution in [2.24, 2.45) is 5.92 Å². The summed E-state index contributed by atoms with van der Waals surface area (Å²) in [5.41, 5.74) is 2.97. The SMILES string of the molecule is Cc1nc2ccccc2n1CC1CCN(C(=O)c2ccc(Cl)cc2)CC1. The van der Waals surface area contributed by atoms with Gasteiger partial charge in [0.2, 0.25) is 0 Å². The van der Waals surface area contributed by atoms with Gasteiger partial charge in [-0.15, -0.1) is 0 Å². The van der Waals surface area contributed by atoms with Crippen LogP contribution in [0, 0.1) is 12.8 Å². The highest BCUT2D eigenvalue weighted by atomic mass is 35.5. The molecule has 4 rings (SSSR count). The lowest BCUT2D eigenvalue weighted by Crippen LogP contribution is -2.39. The van der Waals surface area contributed by atoms with E-state index in [-0.39, 0.29) is 5.91 Å². The number of halogens is 1. The quantitative estimate of drug-likeness (QED) is 0.681. The monoisotopic (exact) mass is 367 g/mol. The highest BCUT2D eigenvalue weighted by Gasteiger charge is 2.24. The second-order valence-electron chi connectivity index (χ2n) is 7.00. The molecule has 0 saturated carbocycles. The van der Waals surface area contributed by atoms with Crippen molar-refractivity contribution in [2.45, 2.75) is 26.3 Å². The predicted molar refractivity (Wildman–Crippen MR) is 105 cm³/mol. The first-order valence-corrected chi connectivity index (χ1v) is 9.46. The summed E-state index contributed by atoms with van der Waals surface area (Å²) in [6, 6.07) is 15.4. The van der Waals surface area contributed by atoms with Crippen LogP contribution >= 0.6 is 11.6 Å². The molecule has 4 nitrogen and oxygen atoms in total. The zero-order valence-electron chi connectivity index (χ0n) is 14.9. The van der Waals surface area contributed by atoms with Crippen LogP contribution in [0.1, 0.15) is 29.0 Å². The molecule has 1 aliphatic rings. The van der Waals surface area contributed by atoms with E-state index in [1.807, 2.05) is 11.0 Å². The number of carbonyl (C=O) groups is 1. The molecule has 0 bridgehead atoms. The lowest BCUT2D eigenvalue weighted by molar-refractivity contribution is 0.0683. The number of fused-ring (bicyclic) bond motifs is 1. The van der Waals surface area contributed by atoms with Crippen LogP contribution in [-0.4, -0.2) is 33.4 Å². The maximum absolute atomic E-state index is 12.6. The van der Waals surface area contributed by atoms with E-state index >= 15 is 0 Å². The Morgan fingerprint density at radius 1 is 1.12 bits per heavy atom. The van der Waals surface area contributed by atoms with E-state index in [1.165, 1.54) is 5.52 Å². The molecule has 0 atom stereocenters. The number of nitrogens with zero attached hydrogens (tertiary/aromatic N) is 3. The normalized spacial score (nSPS) is 15.5. The molecule has 0 radical (unpaired) electrons. The highest BCUT2D eigenvalue weighted by Crippen LogP contribution is 2.24. The molecule has 0 aliphatic carbocycles. The molecule has 1 aromatic heterocycles. The lowest BCUT2D eigenvalue weighted by atomic mass is 9.96. The van der Waals surface area contributed by atoms with Crippen molar-refractivity contribution >= 4 is 28.5 Å². The third kappa shape index (κ3) is 3.34. The Bertz CT molecular complexity index is 924. The number of para-hydroxylation sites is 2. The smallest absolute Gasteiger partial charge is 0.253 e. The molecule has 0 spiro atoms. The molecule has 1 saturated heterocycles. The topological polar surface area (TPSA) is 38.1 Å². The van der Waals surface area contributed by atoms with Gasteiger partial charge >= 0.3 is 0 Å². The number of aromatic nitrogens is 2. The summed E-state index contributed by atoms with van der Waals surface area (Å²) in [6.07, 6.45) is 2.04. The minimum absolute atomic E-state index is 0.101. The van der Waals surface area contributed by atoms with Gasteiger partial charge in [-0.25, -0.2) is 4.98 Å². The number of piperidine rings is 1. The van der Waals surface area contributed by atoms with E-state index < -0.39 is 0 Å². The van der Waals surface area contributed by atoms with Crippen molar-refractivity contribution in [3.05, 3.63) is 64.9 Å². The molecule has 2 heterocycles. The average molecular weight is 368 g/mol. The van der Waals surface area contributed by atoms with Crippen LogP contribution in [0.4, 0.5) is 0 Å². The zero-order chi connectivity index (χ0) is 18.1. The molecule has 1 amide bonds. The molecule has 3 aromatic rings. The first-order valence-electron chi connectivity index (χ1n) is 9.08. The molecule has 134 valence electrons. The number of rotatable bonds is 3. The molecule has 26 heavy (non-hydrogen) atoms. The Morgan fingerprint density at radius 2 is 1.81 bits per heavy atom. The number of likely N-dealkylation sites (tertiary alicyclic amines) is 1. The van der Waals surface area contributed by atoms with Crippen molar-refractivity contribution in [2.75, 3.05) is 13.1 Å². The van der Waals surface area contributed by atoms with Crippen LogP contribution in [0.25, 0.3) is 11.0 Å². The van der Waals surface area contributed by atoms with Crippen LogP contribution < -0.4 is 0 Å². The third-order valence-electron chi connectivity index (χ3n) is 5.28. The van der Waals surface area contributed by atoms with Gasteiger partial charge in [0.05, 0.1) is 11.0 Å². The maximum atomic E-state index is 12.6. The number of amides is 1. The Morgan fingerprint density at radius 3 is 2.54 bits per heavy atom. The van der Waals surface area contributed by atoms with E-state index in [2.05, 4.69) is 34.7 Å². The van der Waals surface area contributed by atoms with E-state index in [1.54, 1.807) is 24.3 Å². The summed E-state index contributed by atoms with van der Waals surface area (Å²) in [4.78, 5) is 19.2. The molecular weight excluding hydrogens is 346 g/mol. The Kier molecular flexibility index (Phi) is 4.68. The van der Waals surface area contributed by atoms with Crippen molar-refractivity contribution in [3.8, 4) is 0 Å². The molecule has 2 aromatic carbocycles. The Labute approximate surface area is 158 Å². The van der Waals surface area contributed by atoms with Crippen molar-refractivity contribution in [1.29, 1.82) is 0 Å². The molecule has 0 unspecified atom stereocenters. The van der Waals surface area contributed by atoms with Crippen molar-refractivity contribution in [3.63, 3.8) is 0 Å². The second-order valence-corrected chi connectivity index (χ2v) is 7.44. The number of carbonyl (C=O) groups excluding carboxylic acids is 1. The van der Waals surface area contributed by atoms with Crippen LogP contribution in [-0.2, 0) is 6.54 Å². The Hall–Kier alpha value is -2.33. The van der Waals surface area contributed by atoms with Gasteiger partial charge in [0.25, 0.3) is 5.91 Å². The van der Waals surface area contributed by atoms with E-state index in [9.17, 15) is 4.79 Å². The summed E-state index contributed by atoms with van der Waals surface area (Å²) in [7, 11) is 0. The van der Waals surface area contributed by atoms with Crippen LogP contribution in [0.2, 0.25) is 5.02 Å². The third-order valence-corrected chi connectivity index (χ3v) is 5.53. The Balaban J connectivity index is 1.41. The summed E-state index contributed by atoms with van der Waals surface area (Å²) in [6.45, 7) is 4.64. The number of benzene rings is 2. The highest BCUT2D eigenvalue weighted by molar-refractivity contribution is 6.30. The largest absolute Gasteiger partial charge is 0.339 e. The van der Waals surface area contributed by atoms with Crippen LogP contribution in [0.15, 0.2) is 48.5 Å². The number of hydrogen-bond acceptors (Lipinski definition) is 2. The van der Waals surface area contributed by atoms with Gasteiger partial charge in [0.15, 0.2) is 0 Å². The predicted octanol–water partition coefficient (Wildman–Crippen LogP) is 4.55. The van der Waals surface area contributed by atoms with Gasteiger partial charge in [-0.2, -0.15) is 0 Å². The standard InChI is InChI=1S/C21H22ClN3O/c1-15-23-19-4-2-3-5-20(19)25(15)14-16-10-12-24(13-11-16)21(26)17-6-8-18(22)9-7-17/h2-9,16H,10-14H2,1H3. The van der Waals surface area contributed by atoms with Crippen molar-refractivity contribution in [1.82, 2.24) is 14.5 Å². The number of hydrogen-bond donors (Lipinski definition) is 0. The lowest BCUT2D eigenvalue weighted by Gasteiger charge is -2.32. The van der Waals surface area contributed by atoms with E-state index in [0.29, 0.717) is 16.5 Å². The van der Waals surface area contributed by atoms with Gasteiger partial charge in [0.1, 0.15) is 5.82 Å². The average Bonchev–Trinajstić information content (AvgIpc) is 2.98. The molecule has 5 heteroatoms.